The minimum atomic E-state index is 0.623. The van der Waals surface area contributed by atoms with Crippen LogP contribution in [0, 0.1) is 5.92 Å². The van der Waals surface area contributed by atoms with Crippen molar-refractivity contribution in [1.29, 1.82) is 0 Å². The summed E-state index contributed by atoms with van der Waals surface area (Å²) >= 11 is 0. The first-order valence-corrected chi connectivity index (χ1v) is 3.73. The SMILES string of the molecule is CC1C=NC2CC2C[NH2+]1. The van der Waals surface area contributed by atoms with E-state index in [1.807, 2.05) is 0 Å². The van der Waals surface area contributed by atoms with Crippen molar-refractivity contribution in [2.24, 2.45) is 10.9 Å². The minimum absolute atomic E-state index is 0.623. The Morgan fingerprint density at radius 3 is 3.44 bits per heavy atom. The van der Waals surface area contributed by atoms with Gasteiger partial charge in [-0.05, 0) is 13.3 Å². The smallest absolute Gasteiger partial charge is 0.118 e. The molecule has 0 radical (unpaired) electrons. The van der Waals surface area contributed by atoms with E-state index in [0.717, 1.165) is 5.92 Å². The molecule has 0 bridgehead atoms. The van der Waals surface area contributed by atoms with E-state index in [4.69, 9.17) is 0 Å². The van der Waals surface area contributed by atoms with Crippen molar-refractivity contribution in [3.63, 3.8) is 0 Å². The Morgan fingerprint density at radius 1 is 1.67 bits per heavy atom. The minimum Gasteiger partial charge on any atom is -0.339 e. The van der Waals surface area contributed by atoms with Crippen LogP contribution < -0.4 is 5.32 Å². The zero-order valence-corrected chi connectivity index (χ0v) is 5.75. The zero-order valence-electron chi connectivity index (χ0n) is 5.75. The highest BCUT2D eigenvalue weighted by Gasteiger charge is 2.39. The summed E-state index contributed by atoms with van der Waals surface area (Å²) in [5, 5.41) is 2.38. The van der Waals surface area contributed by atoms with E-state index in [9.17, 15) is 0 Å². The molecule has 0 aromatic heterocycles. The zero-order chi connectivity index (χ0) is 6.27. The normalized spacial score (nSPS) is 47.9. The van der Waals surface area contributed by atoms with Gasteiger partial charge in [0, 0.05) is 5.92 Å². The van der Waals surface area contributed by atoms with E-state index in [1.165, 1.54) is 13.0 Å². The predicted octanol–water partition coefficient (Wildman–Crippen LogP) is -0.589. The average Bonchev–Trinajstić information content (AvgIpc) is 2.54. The number of fused-ring (bicyclic) bond motifs is 1. The summed E-state index contributed by atoms with van der Waals surface area (Å²) in [6.07, 6.45) is 3.44. The Kier molecular flexibility index (Phi) is 1.09. The summed E-state index contributed by atoms with van der Waals surface area (Å²) in [5.41, 5.74) is 0. The van der Waals surface area contributed by atoms with Crippen LogP contribution in [0.25, 0.3) is 0 Å². The summed E-state index contributed by atoms with van der Waals surface area (Å²) in [7, 11) is 0. The third kappa shape index (κ3) is 0.990. The monoisotopic (exact) mass is 125 g/mol. The molecule has 9 heavy (non-hydrogen) atoms. The first-order chi connectivity index (χ1) is 4.36. The summed E-state index contributed by atoms with van der Waals surface area (Å²) < 4.78 is 0. The van der Waals surface area contributed by atoms with Gasteiger partial charge in [-0.2, -0.15) is 0 Å². The molecule has 0 spiro atoms. The van der Waals surface area contributed by atoms with Crippen molar-refractivity contribution < 1.29 is 5.32 Å². The second kappa shape index (κ2) is 1.81. The van der Waals surface area contributed by atoms with Crippen molar-refractivity contribution in [1.82, 2.24) is 0 Å². The third-order valence-electron chi connectivity index (χ3n) is 2.21. The van der Waals surface area contributed by atoms with Crippen molar-refractivity contribution in [2.45, 2.75) is 25.4 Å². The molecule has 2 N–H and O–H groups in total. The van der Waals surface area contributed by atoms with Crippen LogP contribution in [-0.4, -0.2) is 24.8 Å². The van der Waals surface area contributed by atoms with Gasteiger partial charge in [-0.3, -0.25) is 4.99 Å². The Labute approximate surface area is 55.4 Å². The molecule has 0 aromatic carbocycles. The topological polar surface area (TPSA) is 29.0 Å². The molecule has 50 valence electrons. The van der Waals surface area contributed by atoms with Gasteiger partial charge in [-0.25, -0.2) is 0 Å². The molecule has 1 fully saturated rings. The lowest BCUT2D eigenvalue weighted by molar-refractivity contribution is -0.671. The molecule has 0 amide bonds. The molecular weight excluding hydrogens is 112 g/mol. The number of hydrogen-bond acceptors (Lipinski definition) is 1. The van der Waals surface area contributed by atoms with Gasteiger partial charge >= 0.3 is 0 Å². The fraction of sp³-hybridized carbons (Fsp3) is 0.857. The van der Waals surface area contributed by atoms with E-state index in [1.54, 1.807) is 0 Å². The Balaban J connectivity index is 2.03. The lowest BCUT2D eigenvalue weighted by Crippen LogP contribution is -2.90. The highest BCUT2D eigenvalue weighted by molar-refractivity contribution is 5.62. The van der Waals surface area contributed by atoms with Crippen LogP contribution in [0.1, 0.15) is 13.3 Å². The highest BCUT2D eigenvalue weighted by Crippen LogP contribution is 2.32. The highest BCUT2D eigenvalue weighted by atomic mass is 15.0. The van der Waals surface area contributed by atoms with Gasteiger partial charge in [0.25, 0.3) is 0 Å². The van der Waals surface area contributed by atoms with E-state index in [2.05, 4.69) is 23.4 Å². The van der Waals surface area contributed by atoms with E-state index < -0.39 is 0 Å². The molecule has 3 unspecified atom stereocenters. The summed E-state index contributed by atoms with van der Waals surface area (Å²) in [6.45, 7) is 3.50. The number of aliphatic imine (C=N–C) groups is 1. The molecule has 1 saturated carbocycles. The molecule has 2 nitrogen and oxygen atoms in total. The largest absolute Gasteiger partial charge is 0.339 e. The van der Waals surface area contributed by atoms with Crippen molar-refractivity contribution in [3.05, 3.63) is 0 Å². The van der Waals surface area contributed by atoms with Gasteiger partial charge in [0.05, 0.1) is 18.8 Å². The van der Waals surface area contributed by atoms with E-state index in [-0.39, 0.29) is 0 Å². The van der Waals surface area contributed by atoms with Gasteiger partial charge < -0.3 is 5.32 Å². The molecule has 1 aliphatic carbocycles. The predicted molar refractivity (Wildman–Crippen MR) is 36.6 cm³/mol. The van der Waals surface area contributed by atoms with Gasteiger partial charge in [-0.15, -0.1) is 0 Å². The summed E-state index contributed by atoms with van der Waals surface area (Å²) in [6, 6.07) is 1.34. The van der Waals surface area contributed by atoms with Crippen molar-refractivity contribution in [2.75, 3.05) is 6.54 Å². The van der Waals surface area contributed by atoms with Gasteiger partial charge in [0.1, 0.15) is 6.04 Å². The second-order valence-corrected chi connectivity index (χ2v) is 3.19. The van der Waals surface area contributed by atoms with Crippen LogP contribution in [0.4, 0.5) is 0 Å². The lowest BCUT2D eigenvalue weighted by atomic mass is 10.3. The van der Waals surface area contributed by atoms with Crippen molar-refractivity contribution >= 4 is 6.21 Å². The number of nitrogens with zero attached hydrogens (tertiary/aromatic N) is 1. The van der Waals surface area contributed by atoms with Gasteiger partial charge in [0.15, 0.2) is 0 Å². The van der Waals surface area contributed by atoms with E-state index >= 15 is 0 Å². The van der Waals surface area contributed by atoms with Gasteiger partial charge in [-0.1, -0.05) is 0 Å². The van der Waals surface area contributed by atoms with Crippen LogP contribution in [0.15, 0.2) is 4.99 Å². The Morgan fingerprint density at radius 2 is 2.56 bits per heavy atom. The number of quaternary nitrogens is 1. The van der Waals surface area contributed by atoms with Crippen LogP contribution in [0.3, 0.4) is 0 Å². The van der Waals surface area contributed by atoms with Crippen LogP contribution >= 0.6 is 0 Å². The molecule has 2 heteroatoms. The summed E-state index contributed by atoms with van der Waals surface area (Å²) in [5.74, 6) is 0.922. The molecule has 2 aliphatic rings. The summed E-state index contributed by atoms with van der Waals surface area (Å²) in [4.78, 5) is 4.42. The molecule has 1 aliphatic heterocycles. The second-order valence-electron chi connectivity index (χ2n) is 3.19. The maximum absolute atomic E-state index is 4.42. The lowest BCUT2D eigenvalue weighted by Gasteiger charge is -2.00. The molecule has 3 atom stereocenters. The molecule has 0 aromatic rings. The molecule has 1 heterocycles. The maximum atomic E-state index is 4.42. The molecule has 2 rings (SSSR count). The fourth-order valence-electron chi connectivity index (χ4n) is 1.36. The van der Waals surface area contributed by atoms with Crippen LogP contribution in [-0.2, 0) is 0 Å². The number of rotatable bonds is 0. The third-order valence-corrected chi connectivity index (χ3v) is 2.21. The first-order valence-electron chi connectivity index (χ1n) is 3.73. The van der Waals surface area contributed by atoms with Crippen molar-refractivity contribution in [3.8, 4) is 0 Å². The van der Waals surface area contributed by atoms with E-state index in [0.29, 0.717) is 12.1 Å². The van der Waals surface area contributed by atoms with Crippen LogP contribution in [0.2, 0.25) is 0 Å². The first kappa shape index (κ1) is 5.42. The molecular formula is C7H13N2+. The maximum Gasteiger partial charge on any atom is 0.118 e. The Hall–Kier alpha value is -0.370. The van der Waals surface area contributed by atoms with Gasteiger partial charge in [0.2, 0.25) is 0 Å². The Bertz CT molecular complexity index is 138. The quantitative estimate of drug-likeness (QED) is 0.448. The number of nitrogens with two attached hydrogens (primary N) is 1. The average molecular weight is 125 g/mol. The molecule has 0 saturated heterocycles. The number of hydrogen-bond donors (Lipinski definition) is 1. The standard InChI is InChI=1S/C7H12N2/c1-5-3-9-7-2-6(7)4-8-5/h3,5-8H,2,4H2,1H3/p+1. The fourth-order valence-corrected chi connectivity index (χ4v) is 1.36. The van der Waals surface area contributed by atoms with Crippen LogP contribution in [0.5, 0.6) is 0 Å².